The van der Waals surface area contributed by atoms with E-state index in [1.165, 1.54) is 19.2 Å². The molecular formula is C20H28N4O6. The summed E-state index contributed by atoms with van der Waals surface area (Å²) in [5, 5.41) is 11.5. The number of piperazine rings is 1. The highest BCUT2D eigenvalue weighted by Gasteiger charge is 2.31. The second-order valence-corrected chi connectivity index (χ2v) is 7.37. The Morgan fingerprint density at radius 3 is 2.27 bits per heavy atom. The van der Waals surface area contributed by atoms with Gasteiger partial charge in [-0.3, -0.25) is 24.6 Å². The lowest BCUT2D eigenvalue weighted by Gasteiger charge is -2.35. The van der Waals surface area contributed by atoms with Crippen molar-refractivity contribution >= 4 is 17.5 Å². The molecule has 2 fully saturated rings. The maximum atomic E-state index is 13.1. The molecule has 2 aliphatic rings. The van der Waals surface area contributed by atoms with E-state index in [9.17, 15) is 19.7 Å². The van der Waals surface area contributed by atoms with Gasteiger partial charge in [-0.2, -0.15) is 0 Å². The van der Waals surface area contributed by atoms with Crippen LogP contribution in [-0.2, 0) is 4.79 Å². The molecule has 3 rings (SSSR count). The van der Waals surface area contributed by atoms with E-state index < -0.39 is 10.8 Å². The van der Waals surface area contributed by atoms with Crippen molar-refractivity contribution in [2.75, 3.05) is 59.5 Å². The second kappa shape index (κ2) is 9.75. The number of amides is 2. The van der Waals surface area contributed by atoms with Crippen LogP contribution in [0.2, 0.25) is 0 Å². The molecule has 1 aromatic carbocycles. The summed E-state index contributed by atoms with van der Waals surface area (Å²) in [7, 11) is 1.39. The fourth-order valence-corrected chi connectivity index (χ4v) is 3.84. The number of carbonyl (C=O) groups excluding carboxylic acids is 2. The Morgan fingerprint density at radius 1 is 1.03 bits per heavy atom. The van der Waals surface area contributed by atoms with E-state index in [-0.39, 0.29) is 22.9 Å². The van der Waals surface area contributed by atoms with Crippen LogP contribution in [0.5, 0.6) is 11.5 Å². The molecule has 2 heterocycles. The lowest BCUT2D eigenvalue weighted by atomic mass is 10.1. The maximum Gasteiger partial charge on any atom is 0.286 e. The fraction of sp³-hybridized carbons (Fsp3) is 0.600. The van der Waals surface area contributed by atoms with Crippen molar-refractivity contribution in [2.45, 2.75) is 19.8 Å². The molecule has 30 heavy (non-hydrogen) atoms. The number of methoxy groups -OCH3 is 1. The average molecular weight is 420 g/mol. The molecule has 0 aromatic heterocycles. The van der Waals surface area contributed by atoms with Crippen molar-refractivity contribution in [3.8, 4) is 11.5 Å². The molecule has 1 aromatic rings. The SMILES string of the molecule is CCOc1cc(C(=O)N2CCN(CC(=O)N3CCCC3)CC2)c([N+](=O)[O-])cc1OC. The fourth-order valence-electron chi connectivity index (χ4n) is 3.84. The van der Waals surface area contributed by atoms with Crippen molar-refractivity contribution < 1.29 is 24.0 Å². The number of carbonyl (C=O) groups is 2. The van der Waals surface area contributed by atoms with Gasteiger partial charge in [0.15, 0.2) is 11.5 Å². The minimum absolute atomic E-state index is 0.0224. The van der Waals surface area contributed by atoms with Crippen LogP contribution in [0, 0.1) is 10.1 Å². The van der Waals surface area contributed by atoms with Crippen molar-refractivity contribution in [2.24, 2.45) is 0 Å². The predicted octanol–water partition coefficient (Wildman–Crippen LogP) is 1.38. The van der Waals surface area contributed by atoms with Crippen LogP contribution in [0.15, 0.2) is 12.1 Å². The Kier molecular flexibility index (Phi) is 7.09. The molecule has 0 saturated carbocycles. The van der Waals surface area contributed by atoms with E-state index in [4.69, 9.17) is 9.47 Å². The molecule has 2 aliphatic heterocycles. The summed E-state index contributed by atoms with van der Waals surface area (Å²) in [5.74, 6) is 0.212. The number of rotatable bonds is 7. The van der Waals surface area contributed by atoms with Crippen LogP contribution in [0.1, 0.15) is 30.1 Å². The topological polar surface area (TPSA) is 105 Å². The van der Waals surface area contributed by atoms with Gasteiger partial charge in [-0.1, -0.05) is 0 Å². The van der Waals surface area contributed by atoms with Crippen LogP contribution < -0.4 is 9.47 Å². The van der Waals surface area contributed by atoms with E-state index in [1.54, 1.807) is 11.8 Å². The molecule has 0 spiro atoms. The summed E-state index contributed by atoms with van der Waals surface area (Å²) < 4.78 is 10.6. The molecule has 10 nitrogen and oxygen atoms in total. The summed E-state index contributed by atoms with van der Waals surface area (Å²) >= 11 is 0. The summed E-state index contributed by atoms with van der Waals surface area (Å²) in [6.07, 6.45) is 2.11. The van der Waals surface area contributed by atoms with Gasteiger partial charge in [0.1, 0.15) is 5.56 Å². The van der Waals surface area contributed by atoms with E-state index >= 15 is 0 Å². The monoisotopic (exact) mass is 420 g/mol. The first kappa shape index (κ1) is 21.8. The third-order valence-corrected chi connectivity index (χ3v) is 5.49. The van der Waals surface area contributed by atoms with Crippen LogP contribution >= 0.6 is 0 Å². The predicted molar refractivity (Wildman–Crippen MR) is 109 cm³/mol. The van der Waals surface area contributed by atoms with Gasteiger partial charge in [0.25, 0.3) is 11.6 Å². The van der Waals surface area contributed by atoms with Crippen LogP contribution in [-0.4, -0.2) is 91.0 Å². The Bertz CT molecular complexity index is 801. The van der Waals surface area contributed by atoms with Crippen molar-refractivity contribution in [3.63, 3.8) is 0 Å². The zero-order valence-electron chi connectivity index (χ0n) is 17.5. The lowest BCUT2D eigenvalue weighted by molar-refractivity contribution is -0.385. The third-order valence-electron chi connectivity index (χ3n) is 5.49. The normalized spacial score (nSPS) is 17.1. The van der Waals surface area contributed by atoms with Crippen molar-refractivity contribution in [1.29, 1.82) is 0 Å². The van der Waals surface area contributed by atoms with Gasteiger partial charge >= 0.3 is 0 Å². The van der Waals surface area contributed by atoms with Crippen molar-refractivity contribution in [3.05, 3.63) is 27.8 Å². The number of hydrogen-bond donors (Lipinski definition) is 0. The number of likely N-dealkylation sites (tertiary alicyclic amines) is 1. The molecule has 0 radical (unpaired) electrons. The average Bonchev–Trinajstić information content (AvgIpc) is 3.28. The quantitative estimate of drug-likeness (QED) is 0.485. The first-order chi connectivity index (χ1) is 14.4. The molecule has 0 N–H and O–H groups in total. The Balaban J connectivity index is 1.68. The highest BCUT2D eigenvalue weighted by atomic mass is 16.6. The van der Waals surface area contributed by atoms with Gasteiger partial charge in [-0.15, -0.1) is 0 Å². The Labute approximate surface area is 175 Å². The number of nitrogens with zero attached hydrogens (tertiary/aromatic N) is 4. The van der Waals surface area contributed by atoms with Crippen LogP contribution in [0.25, 0.3) is 0 Å². The summed E-state index contributed by atoms with van der Waals surface area (Å²) in [5.41, 5.74) is -0.335. The summed E-state index contributed by atoms with van der Waals surface area (Å²) in [6.45, 7) is 6.01. The number of nitro benzene ring substituents is 1. The van der Waals surface area contributed by atoms with Crippen molar-refractivity contribution in [1.82, 2.24) is 14.7 Å². The summed E-state index contributed by atoms with van der Waals surface area (Å²) in [6, 6.07) is 2.61. The van der Waals surface area contributed by atoms with Gasteiger partial charge in [0, 0.05) is 45.3 Å². The van der Waals surface area contributed by atoms with Crippen LogP contribution in [0.3, 0.4) is 0 Å². The van der Waals surface area contributed by atoms with Crippen LogP contribution in [0.4, 0.5) is 5.69 Å². The van der Waals surface area contributed by atoms with E-state index in [0.717, 1.165) is 25.9 Å². The Hall–Kier alpha value is -2.88. The Morgan fingerprint density at radius 2 is 1.70 bits per heavy atom. The largest absolute Gasteiger partial charge is 0.493 e. The van der Waals surface area contributed by atoms with Gasteiger partial charge in [0.2, 0.25) is 5.91 Å². The first-order valence-corrected chi connectivity index (χ1v) is 10.2. The minimum Gasteiger partial charge on any atom is -0.493 e. The van der Waals surface area contributed by atoms with Gasteiger partial charge in [0.05, 0.1) is 31.3 Å². The van der Waals surface area contributed by atoms with E-state index in [2.05, 4.69) is 0 Å². The van der Waals surface area contributed by atoms with Gasteiger partial charge in [-0.05, 0) is 19.8 Å². The highest BCUT2D eigenvalue weighted by molar-refractivity contribution is 5.99. The molecule has 10 heteroatoms. The minimum atomic E-state index is -0.587. The zero-order chi connectivity index (χ0) is 21.7. The first-order valence-electron chi connectivity index (χ1n) is 10.2. The van der Waals surface area contributed by atoms with E-state index in [0.29, 0.717) is 45.1 Å². The third kappa shape index (κ3) is 4.81. The number of nitro groups is 1. The van der Waals surface area contributed by atoms with Gasteiger partial charge < -0.3 is 19.3 Å². The number of hydrogen-bond acceptors (Lipinski definition) is 7. The molecule has 0 atom stereocenters. The second-order valence-electron chi connectivity index (χ2n) is 7.37. The molecule has 0 aliphatic carbocycles. The lowest BCUT2D eigenvalue weighted by Crippen LogP contribution is -2.51. The molecule has 0 bridgehead atoms. The number of ether oxygens (including phenoxy) is 2. The van der Waals surface area contributed by atoms with E-state index in [1.807, 2.05) is 9.80 Å². The zero-order valence-corrected chi connectivity index (χ0v) is 17.5. The standard InChI is InChI=1S/C20H28N4O6/c1-3-30-18-12-15(16(24(27)28)13-17(18)29-2)20(26)23-10-8-21(9-11-23)14-19(25)22-6-4-5-7-22/h12-13H,3-11,14H2,1-2H3. The smallest absolute Gasteiger partial charge is 0.286 e. The maximum absolute atomic E-state index is 13.1. The molecule has 2 amide bonds. The molecule has 2 saturated heterocycles. The number of benzene rings is 1. The van der Waals surface area contributed by atoms with Gasteiger partial charge in [-0.25, -0.2) is 0 Å². The highest BCUT2D eigenvalue weighted by Crippen LogP contribution is 2.35. The molecular weight excluding hydrogens is 392 g/mol. The summed E-state index contributed by atoms with van der Waals surface area (Å²) in [4.78, 5) is 41.8. The molecule has 0 unspecified atom stereocenters. The molecule has 164 valence electrons.